The van der Waals surface area contributed by atoms with Crippen molar-refractivity contribution in [2.45, 2.75) is 0 Å². The summed E-state index contributed by atoms with van der Waals surface area (Å²) in [7, 11) is 0. The number of anilines is 2. The van der Waals surface area contributed by atoms with Gasteiger partial charge < -0.3 is 15.4 Å². The molecule has 0 aliphatic carbocycles. The molecular weight excluding hydrogens is 219 g/mol. The summed E-state index contributed by atoms with van der Waals surface area (Å²) in [6.45, 7) is 2.83. The molecule has 15 heavy (non-hydrogen) atoms. The maximum Gasteiger partial charge on any atom is 0.143 e. The van der Waals surface area contributed by atoms with E-state index in [9.17, 15) is 4.39 Å². The lowest BCUT2D eigenvalue weighted by molar-refractivity contribution is 0.123. The number of hydrogen-bond donors (Lipinski definition) is 1. The smallest absolute Gasteiger partial charge is 0.143 e. The van der Waals surface area contributed by atoms with Crippen molar-refractivity contribution in [3.05, 3.63) is 23.0 Å². The van der Waals surface area contributed by atoms with E-state index >= 15 is 0 Å². The van der Waals surface area contributed by atoms with Gasteiger partial charge in [0, 0.05) is 19.2 Å². The zero-order chi connectivity index (χ0) is 10.8. The molecule has 0 bridgehead atoms. The van der Waals surface area contributed by atoms with Crippen molar-refractivity contribution < 1.29 is 9.13 Å². The van der Waals surface area contributed by atoms with Crippen LogP contribution in [0.5, 0.6) is 0 Å². The number of halogens is 2. The van der Waals surface area contributed by atoms with Crippen LogP contribution in [-0.2, 0) is 4.74 Å². The second-order valence-electron chi connectivity index (χ2n) is 3.42. The molecule has 0 radical (unpaired) electrons. The van der Waals surface area contributed by atoms with Gasteiger partial charge in [0.15, 0.2) is 0 Å². The Labute approximate surface area is 92.6 Å². The molecule has 0 saturated carbocycles. The highest BCUT2D eigenvalue weighted by Crippen LogP contribution is 2.29. The third kappa shape index (κ3) is 2.16. The fourth-order valence-corrected chi connectivity index (χ4v) is 1.79. The van der Waals surface area contributed by atoms with Crippen molar-refractivity contribution in [2.24, 2.45) is 0 Å². The summed E-state index contributed by atoms with van der Waals surface area (Å²) in [4.78, 5) is 2.05. The lowest BCUT2D eigenvalue weighted by Crippen LogP contribution is -2.36. The van der Waals surface area contributed by atoms with Crippen LogP contribution in [0.3, 0.4) is 0 Å². The number of nitrogen functional groups attached to an aromatic ring is 1. The van der Waals surface area contributed by atoms with Gasteiger partial charge in [0.2, 0.25) is 0 Å². The van der Waals surface area contributed by atoms with Crippen LogP contribution in [0.25, 0.3) is 0 Å². The van der Waals surface area contributed by atoms with Gasteiger partial charge in [-0.25, -0.2) is 4.39 Å². The van der Waals surface area contributed by atoms with Gasteiger partial charge in [-0.3, -0.25) is 0 Å². The van der Waals surface area contributed by atoms with Crippen molar-refractivity contribution in [1.29, 1.82) is 0 Å². The Morgan fingerprint density at radius 2 is 2.00 bits per heavy atom. The predicted molar refractivity (Wildman–Crippen MR) is 58.9 cm³/mol. The largest absolute Gasteiger partial charge is 0.397 e. The molecule has 2 rings (SSSR count). The summed E-state index contributed by atoms with van der Waals surface area (Å²) in [5, 5.41) is 0.102. The summed E-state index contributed by atoms with van der Waals surface area (Å²) >= 11 is 5.72. The van der Waals surface area contributed by atoms with Crippen LogP contribution < -0.4 is 10.6 Å². The Bertz CT molecular complexity index is 367. The number of hydrogen-bond acceptors (Lipinski definition) is 3. The third-order valence-electron chi connectivity index (χ3n) is 2.42. The molecule has 1 aromatic carbocycles. The van der Waals surface area contributed by atoms with Crippen molar-refractivity contribution >= 4 is 23.0 Å². The van der Waals surface area contributed by atoms with E-state index in [1.54, 1.807) is 6.07 Å². The first-order valence-corrected chi connectivity index (χ1v) is 5.13. The van der Waals surface area contributed by atoms with Gasteiger partial charge in [0.1, 0.15) is 5.82 Å². The molecule has 0 aromatic heterocycles. The summed E-state index contributed by atoms with van der Waals surface area (Å²) < 4.78 is 18.3. The summed E-state index contributed by atoms with van der Waals surface area (Å²) in [6.07, 6.45) is 0. The lowest BCUT2D eigenvalue weighted by atomic mass is 10.2. The predicted octanol–water partition coefficient (Wildman–Crippen LogP) is 1.90. The molecule has 3 nitrogen and oxygen atoms in total. The molecular formula is C10H12ClFN2O. The summed E-state index contributed by atoms with van der Waals surface area (Å²) in [5.41, 5.74) is 6.94. The topological polar surface area (TPSA) is 38.5 Å². The van der Waals surface area contributed by atoms with Crippen molar-refractivity contribution in [2.75, 3.05) is 36.9 Å². The first-order chi connectivity index (χ1) is 7.18. The lowest BCUT2D eigenvalue weighted by Gasteiger charge is -2.29. The average molecular weight is 231 g/mol. The number of ether oxygens (including phenoxy) is 1. The molecule has 1 fully saturated rings. The molecule has 0 spiro atoms. The Kier molecular flexibility index (Phi) is 2.98. The number of rotatable bonds is 1. The van der Waals surface area contributed by atoms with Crippen LogP contribution in [0.2, 0.25) is 5.02 Å². The fraction of sp³-hybridized carbons (Fsp3) is 0.400. The molecule has 5 heteroatoms. The molecule has 82 valence electrons. The molecule has 1 aliphatic heterocycles. The molecule has 1 saturated heterocycles. The van der Waals surface area contributed by atoms with Crippen molar-refractivity contribution in [1.82, 2.24) is 0 Å². The van der Waals surface area contributed by atoms with Crippen molar-refractivity contribution in [3.63, 3.8) is 0 Å². The van der Waals surface area contributed by atoms with Crippen LogP contribution in [0.1, 0.15) is 0 Å². The van der Waals surface area contributed by atoms with Crippen LogP contribution in [0.15, 0.2) is 12.1 Å². The quantitative estimate of drug-likeness (QED) is 0.749. The van der Waals surface area contributed by atoms with E-state index in [0.717, 1.165) is 18.8 Å². The number of nitrogens with zero attached hydrogens (tertiary/aromatic N) is 1. The molecule has 2 N–H and O–H groups in total. The van der Waals surface area contributed by atoms with Gasteiger partial charge in [-0.2, -0.15) is 0 Å². The molecule has 1 aliphatic rings. The highest BCUT2D eigenvalue weighted by Gasteiger charge is 2.15. The minimum atomic E-state index is -0.480. The van der Waals surface area contributed by atoms with E-state index in [-0.39, 0.29) is 5.02 Å². The van der Waals surface area contributed by atoms with E-state index in [1.165, 1.54) is 6.07 Å². The monoisotopic (exact) mass is 230 g/mol. The van der Waals surface area contributed by atoms with E-state index in [4.69, 9.17) is 22.1 Å². The van der Waals surface area contributed by atoms with Crippen LogP contribution >= 0.6 is 11.6 Å². The van der Waals surface area contributed by atoms with Gasteiger partial charge in [-0.1, -0.05) is 11.6 Å². The molecule has 0 atom stereocenters. The number of benzene rings is 1. The van der Waals surface area contributed by atoms with Crippen molar-refractivity contribution in [3.8, 4) is 0 Å². The Morgan fingerprint density at radius 3 is 2.67 bits per heavy atom. The van der Waals surface area contributed by atoms with Crippen LogP contribution in [-0.4, -0.2) is 26.3 Å². The molecule has 0 amide bonds. The highest BCUT2D eigenvalue weighted by atomic mass is 35.5. The van der Waals surface area contributed by atoms with E-state index in [0.29, 0.717) is 18.9 Å². The standard InChI is InChI=1S/C10H12ClFN2O/c11-7-5-10(9(13)6-8(7)12)14-1-3-15-4-2-14/h5-6H,1-4,13H2. The van der Waals surface area contributed by atoms with Gasteiger partial charge in [-0.15, -0.1) is 0 Å². The van der Waals surface area contributed by atoms with Crippen LogP contribution in [0, 0.1) is 5.82 Å². The Morgan fingerprint density at radius 1 is 1.33 bits per heavy atom. The molecule has 1 aromatic rings. The second-order valence-corrected chi connectivity index (χ2v) is 3.83. The fourth-order valence-electron chi connectivity index (χ4n) is 1.63. The second kappa shape index (κ2) is 4.24. The third-order valence-corrected chi connectivity index (χ3v) is 2.71. The SMILES string of the molecule is Nc1cc(F)c(Cl)cc1N1CCOCC1. The summed E-state index contributed by atoms with van der Waals surface area (Å²) in [5.74, 6) is -0.480. The molecule has 0 unspecified atom stereocenters. The van der Waals surface area contributed by atoms with E-state index < -0.39 is 5.82 Å². The number of morpholine rings is 1. The Balaban J connectivity index is 2.30. The van der Waals surface area contributed by atoms with Gasteiger partial charge in [0.05, 0.1) is 29.6 Å². The molecule has 1 heterocycles. The van der Waals surface area contributed by atoms with Gasteiger partial charge in [-0.05, 0) is 6.07 Å². The minimum absolute atomic E-state index is 0.102. The van der Waals surface area contributed by atoms with E-state index in [2.05, 4.69) is 0 Å². The van der Waals surface area contributed by atoms with Gasteiger partial charge in [0.25, 0.3) is 0 Å². The average Bonchev–Trinajstić information content (AvgIpc) is 2.25. The van der Waals surface area contributed by atoms with Crippen LogP contribution in [0.4, 0.5) is 15.8 Å². The maximum absolute atomic E-state index is 13.1. The van der Waals surface area contributed by atoms with Gasteiger partial charge >= 0.3 is 0 Å². The van der Waals surface area contributed by atoms with E-state index in [1.807, 2.05) is 4.90 Å². The maximum atomic E-state index is 13.1. The zero-order valence-electron chi connectivity index (χ0n) is 8.17. The Hall–Kier alpha value is -1.00. The first-order valence-electron chi connectivity index (χ1n) is 4.75. The number of nitrogens with two attached hydrogens (primary N) is 1. The first kappa shape index (κ1) is 10.5. The highest BCUT2D eigenvalue weighted by molar-refractivity contribution is 6.31. The summed E-state index contributed by atoms with van der Waals surface area (Å²) in [6, 6.07) is 2.82. The minimum Gasteiger partial charge on any atom is -0.397 e. The zero-order valence-corrected chi connectivity index (χ0v) is 8.93. The normalized spacial score (nSPS) is 16.8.